The highest BCUT2D eigenvalue weighted by molar-refractivity contribution is 7.16. The molecule has 94 valence electrons. The Morgan fingerprint density at radius 3 is 2.65 bits per heavy atom. The quantitative estimate of drug-likeness (QED) is 0.904. The van der Waals surface area contributed by atoms with Gasteiger partial charge in [0.25, 0.3) is 0 Å². The highest BCUT2D eigenvalue weighted by Crippen LogP contribution is 2.30. The van der Waals surface area contributed by atoms with Crippen LogP contribution in [0.4, 0.5) is 0 Å². The van der Waals surface area contributed by atoms with Crippen molar-refractivity contribution in [3.8, 4) is 0 Å². The Hall–Kier alpha value is -1.01. The second-order valence-electron chi connectivity index (χ2n) is 4.93. The van der Waals surface area contributed by atoms with E-state index in [-0.39, 0.29) is 5.41 Å². The third-order valence-corrected chi connectivity index (χ3v) is 4.48. The largest absolute Gasteiger partial charge is 0.330 e. The van der Waals surface area contributed by atoms with Crippen molar-refractivity contribution in [1.29, 1.82) is 0 Å². The minimum atomic E-state index is -0.0559. The number of nitrogens with zero attached hydrogens (tertiary/aromatic N) is 4. The van der Waals surface area contributed by atoms with Crippen molar-refractivity contribution in [2.24, 2.45) is 5.73 Å². The predicted octanol–water partition coefficient (Wildman–Crippen LogP) is 1.94. The van der Waals surface area contributed by atoms with Gasteiger partial charge >= 0.3 is 0 Å². The lowest BCUT2D eigenvalue weighted by molar-refractivity contribution is 0.457. The first-order valence-corrected chi connectivity index (χ1v) is 6.76. The van der Waals surface area contributed by atoms with E-state index in [9.17, 15) is 0 Å². The van der Waals surface area contributed by atoms with Crippen molar-refractivity contribution in [3.63, 3.8) is 0 Å². The highest BCUT2D eigenvalue weighted by atomic mass is 32.1. The van der Waals surface area contributed by atoms with Crippen LogP contribution in [-0.4, -0.2) is 26.4 Å². The maximum atomic E-state index is 5.86. The summed E-state index contributed by atoms with van der Waals surface area (Å²) in [4.78, 5) is 0.858. The van der Waals surface area contributed by atoms with Crippen LogP contribution in [0.5, 0.6) is 0 Å². The molecule has 0 aromatic carbocycles. The van der Waals surface area contributed by atoms with E-state index in [0.717, 1.165) is 22.2 Å². The first kappa shape index (κ1) is 12.4. The molecule has 0 fully saturated rings. The molecule has 2 N–H and O–H groups in total. The Bertz CT molecular complexity index is 509. The lowest BCUT2D eigenvalue weighted by atomic mass is 9.89. The number of aromatic nitrogens is 4. The summed E-state index contributed by atoms with van der Waals surface area (Å²) in [5, 5.41) is 14.0. The van der Waals surface area contributed by atoms with Gasteiger partial charge in [0.1, 0.15) is 5.01 Å². The lowest BCUT2D eigenvalue weighted by Crippen LogP contribution is -2.31. The van der Waals surface area contributed by atoms with Crippen LogP contribution in [-0.2, 0) is 5.41 Å². The molecule has 0 bridgehead atoms. The molecule has 2 aromatic heterocycles. The van der Waals surface area contributed by atoms with E-state index in [0.29, 0.717) is 12.5 Å². The van der Waals surface area contributed by atoms with Crippen LogP contribution in [0, 0.1) is 0 Å². The van der Waals surface area contributed by atoms with Crippen LogP contribution in [0.15, 0.2) is 0 Å². The minimum absolute atomic E-state index is 0.0559. The molecule has 6 heteroatoms. The van der Waals surface area contributed by atoms with Gasteiger partial charge in [-0.15, -0.1) is 10.2 Å². The average Bonchev–Trinajstić information content (AvgIpc) is 2.86. The van der Waals surface area contributed by atoms with E-state index in [4.69, 9.17) is 5.73 Å². The van der Waals surface area contributed by atoms with Gasteiger partial charge in [0.15, 0.2) is 5.82 Å². The summed E-state index contributed by atoms with van der Waals surface area (Å²) in [6.07, 6.45) is 0.977. The van der Waals surface area contributed by atoms with E-state index in [1.54, 1.807) is 11.3 Å². The van der Waals surface area contributed by atoms with Crippen LogP contribution >= 0.6 is 11.3 Å². The third kappa shape index (κ3) is 1.95. The van der Waals surface area contributed by atoms with E-state index < -0.39 is 0 Å². The van der Waals surface area contributed by atoms with Gasteiger partial charge in [-0.1, -0.05) is 39.0 Å². The van der Waals surface area contributed by atoms with E-state index in [1.165, 1.54) is 0 Å². The fraction of sp³-hybridized carbons (Fsp3) is 0.727. The van der Waals surface area contributed by atoms with Crippen molar-refractivity contribution in [2.75, 3.05) is 6.54 Å². The van der Waals surface area contributed by atoms with Crippen molar-refractivity contribution in [2.45, 2.75) is 45.4 Å². The second-order valence-corrected chi connectivity index (χ2v) is 5.89. The first-order valence-electron chi connectivity index (χ1n) is 5.94. The summed E-state index contributed by atoms with van der Waals surface area (Å²) < 4.78 is 1.86. The molecule has 0 radical (unpaired) electrons. The Labute approximate surface area is 105 Å². The Kier molecular flexibility index (Phi) is 3.18. The van der Waals surface area contributed by atoms with Crippen molar-refractivity contribution in [1.82, 2.24) is 19.8 Å². The van der Waals surface area contributed by atoms with Crippen molar-refractivity contribution < 1.29 is 0 Å². The molecule has 0 aliphatic rings. The Morgan fingerprint density at radius 2 is 2.12 bits per heavy atom. The third-order valence-electron chi connectivity index (χ3n) is 3.28. The zero-order valence-corrected chi connectivity index (χ0v) is 11.6. The Balaban J connectivity index is 2.52. The van der Waals surface area contributed by atoms with Crippen LogP contribution in [0.2, 0.25) is 0 Å². The minimum Gasteiger partial charge on any atom is -0.330 e. The highest BCUT2D eigenvalue weighted by Gasteiger charge is 2.28. The van der Waals surface area contributed by atoms with Crippen LogP contribution in [0.25, 0.3) is 4.96 Å². The molecule has 0 saturated heterocycles. The monoisotopic (exact) mass is 253 g/mol. The fourth-order valence-electron chi connectivity index (χ4n) is 1.62. The molecule has 2 rings (SSSR count). The summed E-state index contributed by atoms with van der Waals surface area (Å²) >= 11 is 1.59. The molecule has 2 heterocycles. The summed E-state index contributed by atoms with van der Waals surface area (Å²) in [7, 11) is 0. The zero-order valence-electron chi connectivity index (χ0n) is 10.8. The van der Waals surface area contributed by atoms with Gasteiger partial charge in [-0.2, -0.15) is 9.61 Å². The molecule has 0 amide bonds. The smallest absolute Gasteiger partial charge is 0.234 e. The second kappa shape index (κ2) is 4.34. The molecule has 0 spiro atoms. The standard InChI is InChI=1S/C11H19N5S/c1-5-11(4,6-12)9-15-16-8(7(2)3)13-14-10(16)17-9/h7H,5-6,12H2,1-4H3. The molecule has 0 aliphatic heterocycles. The molecule has 17 heavy (non-hydrogen) atoms. The Morgan fingerprint density at radius 1 is 1.41 bits per heavy atom. The van der Waals surface area contributed by atoms with Crippen LogP contribution < -0.4 is 5.73 Å². The van der Waals surface area contributed by atoms with Crippen molar-refractivity contribution >= 4 is 16.3 Å². The number of hydrogen-bond acceptors (Lipinski definition) is 5. The molecular formula is C11H19N5S. The summed E-state index contributed by atoms with van der Waals surface area (Å²) in [6.45, 7) is 9.08. The van der Waals surface area contributed by atoms with Crippen LogP contribution in [0.1, 0.15) is 50.9 Å². The predicted molar refractivity (Wildman–Crippen MR) is 69.4 cm³/mol. The lowest BCUT2D eigenvalue weighted by Gasteiger charge is -2.22. The fourth-order valence-corrected chi connectivity index (χ4v) is 2.69. The molecule has 1 unspecified atom stereocenters. The molecule has 0 saturated carbocycles. The maximum Gasteiger partial charge on any atom is 0.234 e. The zero-order chi connectivity index (χ0) is 12.6. The first-order chi connectivity index (χ1) is 8.01. The molecular weight excluding hydrogens is 234 g/mol. The SMILES string of the molecule is CCC(C)(CN)c1nn2c(C(C)C)nnc2s1. The molecule has 1 atom stereocenters. The molecule has 0 aliphatic carbocycles. The van der Waals surface area contributed by atoms with E-state index >= 15 is 0 Å². The van der Waals surface area contributed by atoms with Gasteiger partial charge < -0.3 is 5.73 Å². The van der Waals surface area contributed by atoms with Gasteiger partial charge in [-0.3, -0.25) is 0 Å². The molecule has 5 nitrogen and oxygen atoms in total. The van der Waals surface area contributed by atoms with Gasteiger partial charge in [0.2, 0.25) is 4.96 Å². The van der Waals surface area contributed by atoms with E-state index in [1.807, 2.05) is 4.52 Å². The summed E-state index contributed by atoms with van der Waals surface area (Å²) in [5.41, 5.74) is 5.80. The van der Waals surface area contributed by atoms with Gasteiger partial charge in [-0.25, -0.2) is 0 Å². The molecule has 2 aromatic rings. The number of hydrogen-bond donors (Lipinski definition) is 1. The number of fused-ring (bicyclic) bond motifs is 1. The number of rotatable bonds is 4. The summed E-state index contributed by atoms with van der Waals surface area (Å²) in [6, 6.07) is 0. The normalized spacial score (nSPS) is 15.6. The van der Waals surface area contributed by atoms with Gasteiger partial charge in [0.05, 0.1) is 0 Å². The average molecular weight is 253 g/mol. The van der Waals surface area contributed by atoms with Gasteiger partial charge in [-0.05, 0) is 6.42 Å². The van der Waals surface area contributed by atoms with Crippen LogP contribution in [0.3, 0.4) is 0 Å². The topological polar surface area (TPSA) is 69.1 Å². The maximum absolute atomic E-state index is 5.86. The van der Waals surface area contributed by atoms with Gasteiger partial charge in [0, 0.05) is 17.9 Å². The number of nitrogens with two attached hydrogens (primary N) is 1. The van der Waals surface area contributed by atoms with E-state index in [2.05, 4.69) is 43.0 Å². The summed E-state index contributed by atoms with van der Waals surface area (Å²) in [5.74, 6) is 1.24. The van der Waals surface area contributed by atoms with Crippen molar-refractivity contribution in [3.05, 3.63) is 10.8 Å².